The molecule has 0 saturated heterocycles. The molecule has 0 radical (unpaired) electrons. The van der Waals surface area contributed by atoms with E-state index in [4.69, 9.17) is 18.9 Å². The number of rotatable bonds is 10. The third-order valence-corrected chi connectivity index (χ3v) is 3.34. The average molecular weight is 346 g/mol. The summed E-state index contributed by atoms with van der Waals surface area (Å²) in [6.07, 6.45) is 3.97. The SMILES string of the molecule is C/C=C/c1ccc(OCCOCCOc2ccc(F)cc2)c(OC)c1. The van der Waals surface area contributed by atoms with Crippen molar-refractivity contribution in [3.8, 4) is 17.2 Å². The summed E-state index contributed by atoms with van der Waals surface area (Å²) in [6.45, 7) is 3.64. The van der Waals surface area contributed by atoms with Gasteiger partial charge < -0.3 is 18.9 Å². The number of ether oxygens (including phenoxy) is 4. The minimum atomic E-state index is -0.282. The molecular weight excluding hydrogens is 323 g/mol. The Kier molecular flexibility index (Phi) is 7.79. The van der Waals surface area contributed by atoms with E-state index in [0.717, 1.165) is 5.56 Å². The van der Waals surface area contributed by atoms with Crippen LogP contribution in [0.3, 0.4) is 0 Å². The fraction of sp³-hybridized carbons (Fsp3) is 0.300. The number of benzene rings is 2. The van der Waals surface area contributed by atoms with Crippen LogP contribution >= 0.6 is 0 Å². The Morgan fingerprint density at radius 3 is 2.28 bits per heavy atom. The van der Waals surface area contributed by atoms with Gasteiger partial charge in [0.05, 0.1) is 20.3 Å². The highest BCUT2D eigenvalue weighted by atomic mass is 19.1. The predicted octanol–water partition coefficient (Wildman–Crippen LogP) is 4.34. The fourth-order valence-corrected chi connectivity index (χ4v) is 2.16. The topological polar surface area (TPSA) is 36.9 Å². The molecule has 2 aromatic carbocycles. The molecule has 0 N–H and O–H groups in total. The highest BCUT2D eigenvalue weighted by molar-refractivity contribution is 5.55. The van der Waals surface area contributed by atoms with Gasteiger partial charge in [-0.25, -0.2) is 4.39 Å². The van der Waals surface area contributed by atoms with E-state index < -0.39 is 0 Å². The molecule has 0 fully saturated rings. The van der Waals surface area contributed by atoms with E-state index in [1.807, 2.05) is 37.3 Å². The van der Waals surface area contributed by atoms with E-state index in [-0.39, 0.29) is 5.82 Å². The molecule has 25 heavy (non-hydrogen) atoms. The van der Waals surface area contributed by atoms with Gasteiger partial charge in [-0.05, 0) is 48.9 Å². The van der Waals surface area contributed by atoms with Crippen molar-refractivity contribution in [3.05, 3.63) is 59.9 Å². The van der Waals surface area contributed by atoms with Crippen LogP contribution in [-0.4, -0.2) is 33.5 Å². The van der Waals surface area contributed by atoms with E-state index >= 15 is 0 Å². The molecule has 0 aliphatic rings. The standard InChI is InChI=1S/C20H23FO4/c1-3-4-16-5-10-19(20(15-16)22-2)25-14-12-23-11-13-24-18-8-6-17(21)7-9-18/h3-10,15H,11-14H2,1-2H3/b4-3+. The zero-order valence-corrected chi connectivity index (χ0v) is 14.5. The second kappa shape index (κ2) is 10.4. The maximum atomic E-state index is 12.8. The minimum absolute atomic E-state index is 0.282. The van der Waals surface area contributed by atoms with E-state index in [2.05, 4.69) is 0 Å². The number of halogens is 1. The molecule has 134 valence electrons. The number of methoxy groups -OCH3 is 1. The molecule has 0 bridgehead atoms. The van der Waals surface area contributed by atoms with Gasteiger partial charge in [-0.15, -0.1) is 0 Å². The van der Waals surface area contributed by atoms with Crippen molar-refractivity contribution in [2.75, 3.05) is 33.5 Å². The molecule has 0 aromatic heterocycles. The Morgan fingerprint density at radius 1 is 0.880 bits per heavy atom. The highest BCUT2D eigenvalue weighted by Crippen LogP contribution is 2.28. The van der Waals surface area contributed by atoms with Crippen molar-refractivity contribution in [1.29, 1.82) is 0 Å². The van der Waals surface area contributed by atoms with Crippen LogP contribution in [0.5, 0.6) is 17.2 Å². The van der Waals surface area contributed by atoms with E-state index in [0.29, 0.717) is 43.7 Å². The summed E-state index contributed by atoms with van der Waals surface area (Å²) in [4.78, 5) is 0. The first kappa shape index (κ1) is 18.8. The summed E-state index contributed by atoms with van der Waals surface area (Å²) in [5.41, 5.74) is 1.06. The Morgan fingerprint density at radius 2 is 1.60 bits per heavy atom. The van der Waals surface area contributed by atoms with Crippen LogP contribution in [0.15, 0.2) is 48.5 Å². The minimum Gasteiger partial charge on any atom is -0.493 e. The van der Waals surface area contributed by atoms with Crippen LogP contribution in [0.1, 0.15) is 12.5 Å². The van der Waals surface area contributed by atoms with Crippen LogP contribution in [0.2, 0.25) is 0 Å². The zero-order valence-electron chi connectivity index (χ0n) is 14.5. The number of hydrogen-bond acceptors (Lipinski definition) is 4. The van der Waals surface area contributed by atoms with Crippen LogP contribution in [0.25, 0.3) is 6.08 Å². The van der Waals surface area contributed by atoms with Gasteiger partial charge in [0.1, 0.15) is 24.8 Å². The lowest BCUT2D eigenvalue weighted by atomic mass is 10.2. The zero-order chi connectivity index (χ0) is 17.9. The van der Waals surface area contributed by atoms with Gasteiger partial charge in [0.25, 0.3) is 0 Å². The Bertz CT molecular complexity index is 668. The highest BCUT2D eigenvalue weighted by Gasteiger charge is 2.04. The summed E-state index contributed by atoms with van der Waals surface area (Å²) >= 11 is 0. The van der Waals surface area contributed by atoms with Gasteiger partial charge in [-0.2, -0.15) is 0 Å². The molecule has 0 atom stereocenters. The van der Waals surface area contributed by atoms with Crippen molar-refractivity contribution in [2.24, 2.45) is 0 Å². The summed E-state index contributed by atoms with van der Waals surface area (Å²) in [6, 6.07) is 11.7. The molecule has 0 amide bonds. The molecular formula is C20H23FO4. The van der Waals surface area contributed by atoms with E-state index in [1.165, 1.54) is 12.1 Å². The van der Waals surface area contributed by atoms with Crippen LogP contribution < -0.4 is 14.2 Å². The molecule has 4 nitrogen and oxygen atoms in total. The third kappa shape index (κ3) is 6.47. The van der Waals surface area contributed by atoms with Gasteiger partial charge in [0, 0.05) is 0 Å². The third-order valence-electron chi connectivity index (χ3n) is 3.34. The monoisotopic (exact) mass is 346 g/mol. The van der Waals surface area contributed by atoms with Gasteiger partial charge in [0.2, 0.25) is 0 Å². The molecule has 0 aliphatic heterocycles. The average Bonchev–Trinajstić information content (AvgIpc) is 2.63. The van der Waals surface area contributed by atoms with Crippen molar-refractivity contribution >= 4 is 6.08 Å². The van der Waals surface area contributed by atoms with E-state index in [1.54, 1.807) is 19.2 Å². The second-order valence-electron chi connectivity index (χ2n) is 5.17. The molecule has 0 heterocycles. The first-order valence-corrected chi connectivity index (χ1v) is 8.12. The van der Waals surface area contributed by atoms with Gasteiger partial charge in [-0.1, -0.05) is 18.2 Å². The molecule has 5 heteroatoms. The lowest BCUT2D eigenvalue weighted by Crippen LogP contribution is -2.12. The number of hydrogen-bond donors (Lipinski definition) is 0. The van der Waals surface area contributed by atoms with Crippen LogP contribution in [0, 0.1) is 5.82 Å². The first-order chi connectivity index (χ1) is 12.2. The van der Waals surface area contributed by atoms with Crippen LogP contribution in [0.4, 0.5) is 4.39 Å². The maximum Gasteiger partial charge on any atom is 0.161 e. The largest absolute Gasteiger partial charge is 0.493 e. The Balaban J connectivity index is 1.65. The van der Waals surface area contributed by atoms with Gasteiger partial charge in [0.15, 0.2) is 11.5 Å². The quantitative estimate of drug-likeness (QED) is 0.600. The lowest BCUT2D eigenvalue weighted by Gasteiger charge is -2.12. The Hall–Kier alpha value is -2.53. The molecule has 2 rings (SSSR count). The summed E-state index contributed by atoms with van der Waals surface area (Å²) < 4.78 is 34.7. The van der Waals surface area contributed by atoms with Crippen molar-refractivity contribution in [2.45, 2.75) is 6.92 Å². The molecule has 0 aliphatic carbocycles. The van der Waals surface area contributed by atoms with Crippen molar-refractivity contribution in [3.63, 3.8) is 0 Å². The molecule has 0 spiro atoms. The molecule has 0 saturated carbocycles. The fourth-order valence-electron chi connectivity index (χ4n) is 2.16. The smallest absolute Gasteiger partial charge is 0.161 e. The van der Waals surface area contributed by atoms with Crippen LogP contribution in [-0.2, 0) is 4.74 Å². The van der Waals surface area contributed by atoms with Gasteiger partial charge in [-0.3, -0.25) is 0 Å². The summed E-state index contributed by atoms with van der Waals surface area (Å²) in [5, 5.41) is 0. The van der Waals surface area contributed by atoms with E-state index in [9.17, 15) is 4.39 Å². The maximum absolute atomic E-state index is 12.8. The number of allylic oxidation sites excluding steroid dienone is 1. The second-order valence-corrected chi connectivity index (χ2v) is 5.17. The molecule has 0 unspecified atom stereocenters. The Labute approximate surface area is 147 Å². The van der Waals surface area contributed by atoms with Gasteiger partial charge >= 0.3 is 0 Å². The summed E-state index contributed by atoms with van der Waals surface area (Å²) in [5.74, 6) is 1.71. The normalized spacial score (nSPS) is 10.8. The van der Waals surface area contributed by atoms with Crippen molar-refractivity contribution in [1.82, 2.24) is 0 Å². The summed E-state index contributed by atoms with van der Waals surface area (Å²) in [7, 11) is 1.62. The first-order valence-electron chi connectivity index (χ1n) is 8.12. The predicted molar refractivity (Wildman–Crippen MR) is 95.9 cm³/mol. The van der Waals surface area contributed by atoms with Crippen molar-refractivity contribution < 1.29 is 23.3 Å². The molecule has 2 aromatic rings. The lowest BCUT2D eigenvalue weighted by molar-refractivity contribution is 0.0757.